The number of nitrogens with two attached hydrogens (primary N) is 1. The summed E-state index contributed by atoms with van der Waals surface area (Å²) in [7, 11) is 0. The highest BCUT2D eigenvalue weighted by Gasteiger charge is 2.18. The van der Waals surface area contributed by atoms with Gasteiger partial charge in [-0.05, 0) is 32.6 Å². The number of rotatable bonds is 6. The lowest BCUT2D eigenvalue weighted by Gasteiger charge is -2.24. The summed E-state index contributed by atoms with van der Waals surface area (Å²) < 4.78 is 5.77. The summed E-state index contributed by atoms with van der Waals surface area (Å²) in [5.74, 6) is 0. The molecule has 0 aromatic carbocycles. The second kappa shape index (κ2) is 6.46. The average Bonchev–Trinajstić information content (AvgIpc) is 2.26. The van der Waals surface area contributed by atoms with Gasteiger partial charge >= 0.3 is 0 Å². The Morgan fingerprint density at radius 1 is 1.33 bits per heavy atom. The van der Waals surface area contributed by atoms with Crippen LogP contribution in [0.2, 0.25) is 0 Å². The normalized spacial score (nSPS) is 22.6. The van der Waals surface area contributed by atoms with Crippen LogP contribution in [-0.2, 0) is 4.74 Å². The third kappa shape index (κ3) is 5.50. The van der Waals surface area contributed by atoms with E-state index in [0.29, 0.717) is 12.6 Å². The molecule has 1 rings (SSSR count). The van der Waals surface area contributed by atoms with Gasteiger partial charge in [-0.2, -0.15) is 0 Å². The van der Waals surface area contributed by atoms with Crippen LogP contribution in [0.25, 0.3) is 0 Å². The first-order chi connectivity index (χ1) is 7.14. The fraction of sp³-hybridized carbons (Fsp3) is 1.00. The van der Waals surface area contributed by atoms with Crippen molar-refractivity contribution in [2.75, 3.05) is 13.2 Å². The first-order valence-corrected chi connectivity index (χ1v) is 6.18. The van der Waals surface area contributed by atoms with Crippen molar-refractivity contribution in [2.45, 2.75) is 63.6 Å². The largest absolute Gasteiger partial charge is 0.389 e. The van der Waals surface area contributed by atoms with E-state index in [-0.39, 0.29) is 0 Å². The molecule has 0 saturated heterocycles. The van der Waals surface area contributed by atoms with Crippen LogP contribution >= 0.6 is 0 Å². The van der Waals surface area contributed by atoms with Gasteiger partial charge in [0.1, 0.15) is 0 Å². The van der Waals surface area contributed by atoms with E-state index < -0.39 is 5.60 Å². The Hall–Kier alpha value is -0.120. The summed E-state index contributed by atoms with van der Waals surface area (Å²) in [6, 6.07) is 0. The predicted molar refractivity (Wildman–Crippen MR) is 61.7 cm³/mol. The zero-order valence-corrected chi connectivity index (χ0v) is 9.87. The van der Waals surface area contributed by atoms with Crippen molar-refractivity contribution in [3.8, 4) is 0 Å². The molecule has 0 heterocycles. The Morgan fingerprint density at radius 2 is 2.00 bits per heavy atom. The van der Waals surface area contributed by atoms with E-state index in [2.05, 4.69) is 0 Å². The van der Waals surface area contributed by atoms with Gasteiger partial charge in [0.15, 0.2) is 0 Å². The molecule has 90 valence electrons. The number of hydrogen-bond donors (Lipinski definition) is 2. The highest BCUT2D eigenvalue weighted by molar-refractivity contribution is 4.73. The minimum atomic E-state index is -0.712. The Labute approximate surface area is 93.0 Å². The number of aliphatic hydroxyl groups is 1. The van der Waals surface area contributed by atoms with Gasteiger partial charge in [0.25, 0.3) is 0 Å². The van der Waals surface area contributed by atoms with Gasteiger partial charge in [0.05, 0.1) is 11.7 Å². The van der Waals surface area contributed by atoms with Crippen LogP contribution in [0.4, 0.5) is 0 Å². The lowest BCUT2D eigenvalue weighted by Crippen LogP contribution is -2.34. The highest BCUT2D eigenvalue weighted by atomic mass is 16.5. The number of ether oxygens (including phenoxy) is 1. The highest BCUT2D eigenvalue weighted by Crippen LogP contribution is 2.20. The maximum atomic E-state index is 9.68. The Morgan fingerprint density at radius 3 is 2.60 bits per heavy atom. The molecule has 1 unspecified atom stereocenters. The van der Waals surface area contributed by atoms with Crippen molar-refractivity contribution in [1.82, 2.24) is 0 Å². The topological polar surface area (TPSA) is 55.5 Å². The van der Waals surface area contributed by atoms with E-state index >= 15 is 0 Å². The van der Waals surface area contributed by atoms with Gasteiger partial charge in [-0.3, -0.25) is 0 Å². The van der Waals surface area contributed by atoms with E-state index in [1.165, 1.54) is 32.1 Å². The fourth-order valence-corrected chi connectivity index (χ4v) is 2.04. The molecular weight excluding hydrogens is 190 g/mol. The lowest BCUT2D eigenvalue weighted by atomic mass is 9.97. The Kier molecular flexibility index (Phi) is 5.58. The quantitative estimate of drug-likeness (QED) is 0.665. The summed E-state index contributed by atoms with van der Waals surface area (Å²) in [6.07, 6.45) is 8.52. The molecular formula is C12H25NO2. The van der Waals surface area contributed by atoms with Crippen molar-refractivity contribution < 1.29 is 9.84 Å². The molecule has 0 aliphatic heterocycles. The van der Waals surface area contributed by atoms with Crippen LogP contribution < -0.4 is 5.73 Å². The monoisotopic (exact) mass is 215 g/mol. The van der Waals surface area contributed by atoms with Crippen molar-refractivity contribution in [1.29, 1.82) is 0 Å². The molecule has 1 aliphatic carbocycles. The SMILES string of the molecule is CC(O)(CN)CCCOC1CCCCC1. The van der Waals surface area contributed by atoms with Crippen LogP contribution in [0.1, 0.15) is 51.9 Å². The van der Waals surface area contributed by atoms with E-state index in [1.807, 2.05) is 0 Å². The standard InChI is InChI=1S/C12H25NO2/c1-12(14,10-13)8-5-9-15-11-6-3-2-4-7-11/h11,14H,2-10,13H2,1H3. The second-order valence-electron chi connectivity index (χ2n) is 4.94. The second-order valence-corrected chi connectivity index (χ2v) is 4.94. The molecule has 3 heteroatoms. The summed E-state index contributed by atoms with van der Waals surface area (Å²) >= 11 is 0. The van der Waals surface area contributed by atoms with Crippen molar-refractivity contribution >= 4 is 0 Å². The first kappa shape index (κ1) is 12.9. The molecule has 0 aromatic heterocycles. The molecule has 0 spiro atoms. The molecule has 0 bridgehead atoms. The minimum absolute atomic E-state index is 0.330. The average molecular weight is 215 g/mol. The van der Waals surface area contributed by atoms with Gasteiger partial charge in [-0.25, -0.2) is 0 Å². The van der Waals surface area contributed by atoms with Crippen molar-refractivity contribution in [3.05, 3.63) is 0 Å². The van der Waals surface area contributed by atoms with Crippen LogP contribution in [-0.4, -0.2) is 30.0 Å². The zero-order chi connectivity index (χ0) is 11.1. The Balaban J connectivity index is 2.00. The van der Waals surface area contributed by atoms with E-state index in [0.717, 1.165) is 19.4 Å². The van der Waals surface area contributed by atoms with E-state index in [4.69, 9.17) is 10.5 Å². The molecule has 0 amide bonds. The summed E-state index contributed by atoms with van der Waals surface area (Å²) in [5, 5.41) is 9.68. The van der Waals surface area contributed by atoms with Crippen LogP contribution in [0.15, 0.2) is 0 Å². The van der Waals surface area contributed by atoms with Gasteiger partial charge < -0.3 is 15.6 Å². The molecule has 1 fully saturated rings. The third-order valence-electron chi connectivity index (χ3n) is 3.21. The molecule has 1 saturated carbocycles. The predicted octanol–water partition coefficient (Wildman–Crippen LogP) is 1.83. The van der Waals surface area contributed by atoms with Crippen molar-refractivity contribution in [2.24, 2.45) is 5.73 Å². The van der Waals surface area contributed by atoms with E-state index in [9.17, 15) is 5.11 Å². The van der Waals surface area contributed by atoms with Crippen LogP contribution in [0.3, 0.4) is 0 Å². The summed E-state index contributed by atoms with van der Waals surface area (Å²) in [5.41, 5.74) is 4.73. The molecule has 0 radical (unpaired) electrons. The molecule has 3 nitrogen and oxygen atoms in total. The maximum absolute atomic E-state index is 9.68. The molecule has 3 N–H and O–H groups in total. The van der Waals surface area contributed by atoms with Gasteiger partial charge in [0, 0.05) is 13.2 Å². The molecule has 1 aliphatic rings. The zero-order valence-electron chi connectivity index (χ0n) is 9.87. The molecule has 15 heavy (non-hydrogen) atoms. The third-order valence-corrected chi connectivity index (χ3v) is 3.21. The molecule has 0 aromatic rings. The maximum Gasteiger partial charge on any atom is 0.0742 e. The van der Waals surface area contributed by atoms with Crippen molar-refractivity contribution in [3.63, 3.8) is 0 Å². The summed E-state index contributed by atoms with van der Waals surface area (Å²) in [6.45, 7) is 2.88. The minimum Gasteiger partial charge on any atom is -0.389 e. The smallest absolute Gasteiger partial charge is 0.0742 e. The number of hydrogen-bond acceptors (Lipinski definition) is 3. The van der Waals surface area contributed by atoms with Crippen LogP contribution in [0.5, 0.6) is 0 Å². The summed E-state index contributed by atoms with van der Waals surface area (Å²) in [4.78, 5) is 0. The fourth-order valence-electron chi connectivity index (χ4n) is 2.04. The van der Waals surface area contributed by atoms with Crippen LogP contribution in [0, 0.1) is 0 Å². The van der Waals surface area contributed by atoms with Gasteiger partial charge in [0.2, 0.25) is 0 Å². The Bertz CT molecular complexity index is 165. The lowest BCUT2D eigenvalue weighted by molar-refractivity contribution is 0.00736. The van der Waals surface area contributed by atoms with Gasteiger partial charge in [-0.15, -0.1) is 0 Å². The van der Waals surface area contributed by atoms with Gasteiger partial charge in [-0.1, -0.05) is 19.3 Å². The van der Waals surface area contributed by atoms with E-state index in [1.54, 1.807) is 6.92 Å². The molecule has 1 atom stereocenters. The first-order valence-electron chi connectivity index (χ1n) is 6.18.